The van der Waals surface area contributed by atoms with Crippen LogP contribution in [0.5, 0.6) is 5.75 Å². The lowest BCUT2D eigenvalue weighted by Gasteiger charge is -2.18. The molecule has 2 aromatic rings. The zero-order valence-electron chi connectivity index (χ0n) is 16.3. The van der Waals surface area contributed by atoms with Crippen molar-refractivity contribution in [2.24, 2.45) is 0 Å². The number of carbonyl (C=O) groups excluding carboxylic acids is 1. The summed E-state index contributed by atoms with van der Waals surface area (Å²) in [7, 11) is -3.84. The van der Waals surface area contributed by atoms with Gasteiger partial charge in [-0.2, -0.15) is 0 Å². The van der Waals surface area contributed by atoms with E-state index in [1.54, 1.807) is 6.07 Å². The maximum absolute atomic E-state index is 13.0. The highest BCUT2D eigenvalue weighted by Crippen LogP contribution is 2.32. The number of aryl methyl sites for hydroxylation is 1. The Morgan fingerprint density at radius 2 is 1.89 bits per heavy atom. The molecule has 2 aromatic carbocycles. The van der Waals surface area contributed by atoms with Gasteiger partial charge < -0.3 is 10.1 Å². The summed E-state index contributed by atoms with van der Waals surface area (Å²) >= 11 is 0. The Hall–Kier alpha value is -2.54. The molecule has 6 nitrogen and oxygen atoms in total. The van der Waals surface area contributed by atoms with Gasteiger partial charge in [-0.25, -0.2) is 8.42 Å². The molecular weight excluding hydrogens is 364 g/mol. The summed E-state index contributed by atoms with van der Waals surface area (Å²) in [4.78, 5) is 11.5. The Morgan fingerprint density at radius 1 is 1.19 bits per heavy atom. The van der Waals surface area contributed by atoms with Gasteiger partial charge in [0, 0.05) is 6.92 Å². The van der Waals surface area contributed by atoms with Crippen LogP contribution in [0.3, 0.4) is 0 Å². The molecule has 146 valence electrons. The van der Waals surface area contributed by atoms with E-state index in [2.05, 4.69) is 10.0 Å². The van der Waals surface area contributed by atoms with Crippen LogP contribution in [0.25, 0.3) is 0 Å². The van der Waals surface area contributed by atoms with Crippen LogP contribution in [0, 0.1) is 6.92 Å². The van der Waals surface area contributed by atoms with Crippen LogP contribution in [0.4, 0.5) is 11.4 Å². The highest BCUT2D eigenvalue weighted by Gasteiger charge is 2.20. The van der Waals surface area contributed by atoms with Crippen LogP contribution in [0.1, 0.15) is 44.7 Å². The number of hydrogen-bond acceptors (Lipinski definition) is 4. The molecule has 0 bridgehead atoms. The number of carbonyl (C=O) groups is 1. The fourth-order valence-corrected chi connectivity index (χ4v) is 3.93. The summed E-state index contributed by atoms with van der Waals surface area (Å²) in [5.41, 5.74) is 2.67. The number of benzene rings is 2. The highest BCUT2D eigenvalue weighted by molar-refractivity contribution is 7.92. The fourth-order valence-electron chi connectivity index (χ4n) is 2.75. The second kappa shape index (κ2) is 8.43. The summed E-state index contributed by atoms with van der Waals surface area (Å²) in [6.45, 7) is 9.46. The third-order valence-corrected chi connectivity index (χ3v) is 5.38. The minimum absolute atomic E-state index is 0.0488. The summed E-state index contributed by atoms with van der Waals surface area (Å²) in [5, 5.41) is 2.62. The zero-order chi connectivity index (χ0) is 20.2. The molecule has 0 radical (unpaired) electrons. The molecule has 0 aliphatic rings. The van der Waals surface area contributed by atoms with Crippen molar-refractivity contribution in [2.45, 2.75) is 45.4 Å². The average Bonchev–Trinajstić information content (AvgIpc) is 2.57. The van der Waals surface area contributed by atoms with E-state index in [1.165, 1.54) is 19.1 Å². The molecule has 0 unspecified atom stereocenters. The van der Waals surface area contributed by atoms with Crippen LogP contribution >= 0.6 is 0 Å². The van der Waals surface area contributed by atoms with Crippen LogP contribution < -0.4 is 14.8 Å². The van der Waals surface area contributed by atoms with E-state index in [1.807, 2.05) is 45.9 Å². The molecule has 0 aliphatic carbocycles. The smallest absolute Gasteiger partial charge is 0.261 e. The van der Waals surface area contributed by atoms with Gasteiger partial charge in [0.25, 0.3) is 10.0 Å². The lowest BCUT2D eigenvalue weighted by Crippen LogP contribution is -2.16. The normalized spacial score (nSPS) is 11.3. The third kappa shape index (κ3) is 5.01. The number of hydrogen-bond donors (Lipinski definition) is 2. The first-order valence-electron chi connectivity index (χ1n) is 8.82. The van der Waals surface area contributed by atoms with E-state index in [4.69, 9.17) is 4.74 Å². The minimum Gasteiger partial charge on any atom is -0.492 e. The Balaban J connectivity index is 2.47. The lowest BCUT2D eigenvalue weighted by molar-refractivity contribution is -0.114. The van der Waals surface area contributed by atoms with E-state index in [9.17, 15) is 13.2 Å². The molecule has 27 heavy (non-hydrogen) atoms. The van der Waals surface area contributed by atoms with Crippen molar-refractivity contribution in [3.63, 3.8) is 0 Å². The predicted molar refractivity (Wildman–Crippen MR) is 108 cm³/mol. The third-order valence-electron chi connectivity index (χ3n) is 4.04. The van der Waals surface area contributed by atoms with E-state index in [0.29, 0.717) is 23.7 Å². The van der Waals surface area contributed by atoms with E-state index < -0.39 is 10.0 Å². The number of nitrogens with one attached hydrogen (secondary N) is 2. The summed E-state index contributed by atoms with van der Waals surface area (Å²) in [6.07, 6.45) is 0. The van der Waals surface area contributed by atoms with E-state index in [0.717, 1.165) is 11.1 Å². The Bertz CT molecular complexity index is 937. The molecule has 2 rings (SSSR count). The predicted octanol–water partition coefficient (Wildman–Crippen LogP) is 4.28. The SMILES string of the molecule is CCOc1ccc(S(=O)(=O)Nc2c(C)cccc2C(C)C)cc1NC(C)=O. The maximum atomic E-state index is 13.0. The average molecular weight is 391 g/mol. The summed E-state index contributed by atoms with van der Waals surface area (Å²) in [6, 6.07) is 10.1. The van der Waals surface area contributed by atoms with Crippen molar-refractivity contribution in [3.05, 3.63) is 47.5 Å². The van der Waals surface area contributed by atoms with Gasteiger partial charge in [0.1, 0.15) is 5.75 Å². The zero-order valence-corrected chi connectivity index (χ0v) is 17.1. The quantitative estimate of drug-likeness (QED) is 0.739. The monoisotopic (exact) mass is 390 g/mol. The van der Waals surface area contributed by atoms with Crippen molar-refractivity contribution in [1.82, 2.24) is 0 Å². The van der Waals surface area contributed by atoms with Gasteiger partial charge in [-0.05, 0) is 49.1 Å². The summed E-state index contributed by atoms with van der Waals surface area (Å²) < 4.78 is 34.1. The molecule has 0 aromatic heterocycles. The van der Waals surface area contributed by atoms with Crippen molar-refractivity contribution in [1.29, 1.82) is 0 Å². The molecule has 0 aliphatic heterocycles. The van der Waals surface area contributed by atoms with Gasteiger partial charge in [0.05, 0.1) is 22.9 Å². The first-order valence-corrected chi connectivity index (χ1v) is 10.3. The molecule has 0 saturated carbocycles. The number of para-hydroxylation sites is 1. The second-order valence-electron chi connectivity index (χ2n) is 6.57. The topological polar surface area (TPSA) is 84.5 Å². The van der Waals surface area contributed by atoms with Crippen LogP contribution in [0.15, 0.2) is 41.3 Å². The molecule has 2 N–H and O–H groups in total. The molecule has 7 heteroatoms. The van der Waals surface area contributed by atoms with E-state index in [-0.39, 0.29) is 16.7 Å². The Morgan fingerprint density at radius 3 is 2.48 bits per heavy atom. The number of sulfonamides is 1. The lowest BCUT2D eigenvalue weighted by atomic mass is 9.99. The summed E-state index contributed by atoms with van der Waals surface area (Å²) in [5.74, 6) is 0.280. The van der Waals surface area contributed by atoms with Crippen molar-refractivity contribution < 1.29 is 17.9 Å². The van der Waals surface area contributed by atoms with Gasteiger partial charge in [0.2, 0.25) is 5.91 Å². The Labute approximate surface area is 161 Å². The molecule has 0 saturated heterocycles. The van der Waals surface area contributed by atoms with Crippen molar-refractivity contribution >= 4 is 27.3 Å². The molecular formula is C20H26N2O4S. The largest absolute Gasteiger partial charge is 0.492 e. The molecule has 0 atom stereocenters. The van der Waals surface area contributed by atoms with Crippen LogP contribution in [-0.2, 0) is 14.8 Å². The molecule has 0 spiro atoms. The van der Waals surface area contributed by atoms with Gasteiger partial charge in [-0.15, -0.1) is 0 Å². The van der Waals surface area contributed by atoms with E-state index >= 15 is 0 Å². The first-order chi connectivity index (χ1) is 12.7. The second-order valence-corrected chi connectivity index (χ2v) is 8.25. The number of anilines is 2. The Kier molecular flexibility index (Phi) is 6.49. The van der Waals surface area contributed by atoms with Crippen LogP contribution in [-0.4, -0.2) is 20.9 Å². The van der Waals surface area contributed by atoms with Crippen LogP contribution in [0.2, 0.25) is 0 Å². The van der Waals surface area contributed by atoms with Crippen molar-refractivity contribution in [2.75, 3.05) is 16.6 Å². The van der Waals surface area contributed by atoms with Gasteiger partial charge in [0.15, 0.2) is 0 Å². The molecule has 0 fully saturated rings. The first kappa shape index (κ1) is 20.8. The minimum atomic E-state index is -3.84. The molecule has 0 heterocycles. The molecule has 1 amide bonds. The van der Waals surface area contributed by atoms with Gasteiger partial charge in [-0.1, -0.05) is 32.0 Å². The number of amides is 1. The number of rotatable bonds is 7. The maximum Gasteiger partial charge on any atom is 0.261 e. The standard InChI is InChI=1S/C20H26N2O4S/c1-6-26-19-11-10-16(12-18(19)21-15(5)23)27(24,25)22-20-14(4)8-7-9-17(20)13(2)3/h7-13,22H,6H2,1-5H3,(H,21,23). The number of ether oxygens (including phenoxy) is 1. The highest BCUT2D eigenvalue weighted by atomic mass is 32.2. The van der Waals surface area contributed by atoms with Gasteiger partial charge >= 0.3 is 0 Å². The van der Waals surface area contributed by atoms with Crippen molar-refractivity contribution in [3.8, 4) is 5.75 Å². The fraction of sp³-hybridized carbons (Fsp3) is 0.350. The van der Waals surface area contributed by atoms with Gasteiger partial charge in [-0.3, -0.25) is 9.52 Å².